The van der Waals surface area contributed by atoms with Crippen LogP contribution in [0.5, 0.6) is 5.75 Å². The van der Waals surface area contributed by atoms with Crippen LogP contribution in [-0.4, -0.2) is 27.0 Å². The van der Waals surface area contributed by atoms with Crippen molar-refractivity contribution in [3.05, 3.63) is 82.9 Å². The Morgan fingerprint density at radius 1 is 1.03 bits per heavy atom. The molecule has 170 valence electrons. The summed E-state index contributed by atoms with van der Waals surface area (Å²) in [5.41, 5.74) is 2.86. The molecule has 0 saturated carbocycles. The summed E-state index contributed by atoms with van der Waals surface area (Å²) in [5.74, 6) is 0.906. The first kappa shape index (κ1) is 21.8. The van der Waals surface area contributed by atoms with Crippen LogP contribution in [0.4, 0.5) is 5.69 Å². The Hall–Kier alpha value is -4.04. The highest BCUT2D eigenvalue weighted by Gasteiger charge is 2.17. The average molecular weight is 471 g/mol. The number of rotatable bonds is 6. The van der Waals surface area contributed by atoms with Crippen molar-refractivity contribution in [1.82, 2.24) is 14.5 Å². The molecule has 2 aromatic carbocycles. The van der Waals surface area contributed by atoms with E-state index in [0.29, 0.717) is 28.3 Å². The van der Waals surface area contributed by atoms with E-state index in [4.69, 9.17) is 9.72 Å². The minimum absolute atomic E-state index is 0.127. The Labute approximate surface area is 199 Å². The Kier molecular flexibility index (Phi) is 5.81. The highest BCUT2D eigenvalue weighted by Crippen LogP contribution is 2.31. The number of aryl methyl sites for hydroxylation is 1. The fourth-order valence-corrected chi connectivity index (χ4v) is 4.88. The molecule has 1 amide bonds. The monoisotopic (exact) mass is 470 g/mol. The van der Waals surface area contributed by atoms with E-state index in [1.165, 1.54) is 15.9 Å². The third kappa shape index (κ3) is 4.15. The summed E-state index contributed by atoms with van der Waals surface area (Å²) in [7, 11) is 0. The molecule has 0 fully saturated rings. The molecule has 0 aliphatic carbocycles. The number of ether oxygens (including phenoxy) is 1. The number of thiophene rings is 1. The number of nitrogens with one attached hydrogen (secondary N) is 1. The molecule has 5 aromatic rings. The van der Waals surface area contributed by atoms with Gasteiger partial charge in [0.2, 0.25) is 5.91 Å². The van der Waals surface area contributed by atoms with Crippen molar-refractivity contribution in [1.29, 1.82) is 0 Å². The van der Waals surface area contributed by atoms with Gasteiger partial charge in [0.25, 0.3) is 5.56 Å². The summed E-state index contributed by atoms with van der Waals surface area (Å²) >= 11 is 1.30. The average Bonchev–Trinajstić information content (AvgIpc) is 3.21. The maximum atomic E-state index is 13.3. The Morgan fingerprint density at radius 2 is 1.79 bits per heavy atom. The minimum Gasteiger partial charge on any atom is -0.494 e. The highest BCUT2D eigenvalue weighted by molar-refractivity contribution is 7.25. The van der Waals surface area contributed by atoms with Crippen molar-refractivity contribution < 1.29 is 9.53 Å². The van der Waals surface area contributed by atoms with Crippen molar-refractivity contribution in [3.8, 4) is 17.0 Å². The molecule has 0 atom stereocenters. The Morgan fingerprint density at radius 3 is 2.53 bits per heavy atom. The maximum absolute atomic E-state index is 13.3. The molecule has 0 saturated heterocycles. The van der Waals surface area contributed by atoms with Crippen molar-refractivity contribution >= 4 is 43.4 Å². The number of fused-ring (bicyclic) bond motifs is 3. The van der Waals surface area contributed by atoms with Gasteiger partial charge in [0.15, 0.2) is 0 Å². The SMILES string of the molecule is CCOc1ccc(NC(=O)Cn2c(C)nc3c(sc4nc(-c5ccccc5)ccc43)c2=O)cc1. The maximum Gasteiger partial charge on any atom is 0.272 e. The van der Waals surface area contributed by atoms with Crippen LogP contribution in [0.25, 0.3) is 31.7 Å². The quantitative estimate of drug-likeness (QED) is 0.377. The van der Waals surface area contributed by atoms with Crippen molar-refractivity contribution in [2.24, 2.45) is 0 Å². The van der Waals surface area contributed by atoms with Crippen molar-refractivity contribution in [2.75, 3.05) is 11.9 Å². The van der Waals surface area contributed by atoms with Gasteiger partial charge in [-0.15, -0.1) is 11.3 Å². The third-order valence-electron chi connectivity index (χ3n) is 5.45. The molecule has 3 aromatic heterocycles. The van der Waals surface area contributed by atoms with E-state index in [1.807, 2.05) is 49.4 Å². The molecule has 3 heterocycles. The lowest BCUT2D eigenvalue weighted by Gasteiger charge is -2.10. The van der Waals surface area contributed by atoms with Gasteiger partial charge in [-0.25, -0.2) is 9.97 Å². The van der Waals surface area contributed by atoms with Crippen LogP contribution in [0.1, 0.15) is 12.7 Å². The molecular weight excluding hydrogens is 448 g/mol. The largest absolute Gasteiger partial charge is 0.494 e. The molecule has 0 spiro atoms. The zero-order chi connectivity index (χ0) is 23.7. The zero-order valence-electron chi connectivity index (χ0n) is 18.7. The second-order valence-corrected chi connectivity index (χ2v) is 8.75. The molecule has 7 nitrogen and oxygen atoms in total. The number of carbonyl (C=O) groups is 1. The van der Waals surface area contributed by atoms with Gasteiger partial charge in [0.05, 0.1) is 17.8 Å². The summed E-state index contributed by atoms with van der Waals surface area (Å²) < 4.78 is 7.32. The van der Waals surface area contributed by atoms with Gasteiger partial charge in [0.1, 0.15) is 27.6 Å². The van der Waals surface area contributed by atoms with Crippen LogP contribution in [0.2, 0.25) is 0 Å². The first-order chi connectivity index (χ1) is 16.5. The number of hydrogen-bond donors (Lipinski definition) is 1. The van der Waals surface area contributed by atoms with Crippen LogP contribution < -0.4 is 15.6 Å². The lowest BCUT2D eigenvalue weighted by Crippen LogP contribution is -2.29. The molecule has 0 bridgehead atoms. The smallest absolute Gasteiger partial charge is 0.272 e. The van der Waals surface area contributed by atoms with E-state index in [1.54, 1.807) is 31.2 Å². The summed E-state index contributed by atoms with van der Waals surface area (Å²) in [6.45, 7) is 4.09. The van der Waals surface area contributed by atoms with Gasteiger partial charge in [-0.3, -0.25) is 14.2 Å². The standard InChI is InChI=1S/C26H22N4O3S/c1-3-33-19-11-9-18(10-12-19)28-22(31)15-30-16(2)27-23-20-13-14-21(17-7-5-4-6-8-17)29-25(20)34-24(23)26(30)32/h4-14H,3,15H2,1-2H3,(H,28,31). The number of amides is 1. The summed E-state index contributed by atoms with van der Waals surface area (Å²) in [6, 6.07) is 20.9. The topological polar surface area (TPSA) is 86.1 Å². The predicted octanol–water partition coefficient (Wildman–Crippen LogP) is 5.02. The van der Waals surface area contributed by atoms with Gasteiger partial charge in [-0.05, 0) is 50.2 Å². The molecule has 0 radical (unpaired) electrons. The first-order valence-electron chi connectivity index (χ1n) is 10.9. The lowest BCUT2D eigenvalue weighted by atomic mass is 10.1. The molecular formula is C26H22N4O3S. The molecule has 5 rings (SSSR count). The second-order valence-electron chi connectivity index (χ2n) is 7.75. The Bertz CT molecular complexity index is 1560. The number of carbonyl (C=O) groups excluding carboxylic acids is 1. The normalized spacial score (nSPS) is 11.1. The first-order valence-corrected chi connectivity index (χ1v) is 11.7. The number of anilines is 1. The van der Waals surface area contributed by atoms with Gasteiger partial charge in [-0.1, -0.05) is 30.3 Å². The summed E-state index contributed by atoms with van der Waals surface area (Å²) in [4.78, 5) is 36.1. The van der Waals surface area contributed by atoms with Crippen molar-refractivity contribution in [3.63, 3.8) is 0 Å². The number of hydrogen-bond acceptors (Lipinski definition) is 6. The summed E-state index contributed by atoms with van der Waals surface area (Å²) in [6.07, 6.45) is 0. The van der Waals surface area contributed by atoms with E-state index in [0.717, 1.165) is 27.2 Å². The number of benzene rings is 2. The van der Waals surface area contributed by atoms with Crippen LogP contribution in [0.15, 0.2) is 71.5 Å². The van der Waals surface area contributed by atoms with E-state index in [2.05, 4.69) is 10.3 Å². The predicted molar refractivity (Wildman–Crippen MR) is 136 cm³/mol. The van der Waals surface area contributed by atoms with E-state index in [9.17, 15) is 9.59 Å². The molecule has 8 heteroatoms. The zero-order valence-corrected chi connectivity index (χ0v) is 19.6. The van der Waals surface area contributed by atoms with E-state index < -0.39 is 0 Å². The minimum atomic E-state index is -0.305. The van der Waals surface area contributed by atoms with Crippen LogP contribution in [-0.2, 0) is 11.3 Å². The number of nitrogens with zero attached hydrogens (tertiary/aromatic N) is 3. The van der Waals surface area contributed by atoms with Crippen LogP contribution >= 0.6 is 11.3 Å². The molecule has 0 unspecified atom stereocenters. The fraction of sp³-hybridized carbons (Fsp3) is 0.154. The second kappa shape index (κ2) is 9.07. The van der Waals surface area contributed by atoms with Gasteiger partial charge >= 0.3 is 0 Å². The van der Waals surface area contributed by atoms with Gasteiger partial charge < -0.3 is 10.1 Å². The lowest BCUT2D eigenvalue weighted by molar-refractivity contribution is -0.116. The molecule has 0 aliphatic rings. The van der Waals surface area contributed by atoms with Crippen molar-refractivity contribution in [2.45, 2.75) is 20.4 Å². The van der Waals surface area contributed by atoms with E-state index >= 15 is 0 Å². The van der Waals surface area contributed by atoms with Crippen LogP contribution in [0, 0.1) is 6.92 Å². The Balaban J connectivity index is 1.45. The summed E-state index contributed by atoms with van der Waals surface area (Å²) in [5, 5.41) is 3.66. The third-order valence-corrected chi connectivity index (χ3v) is 6.53. The van der Waals surface area contributed by atoms with E-state index in [-0.39, 0.29) is 18.0 Å². The molecule has 0 aliphatic heterocycles. The molecule has 1 N–H and O–H groups in total. The van der Waals surface area contributed by atoms with Crippen LogP contribution in [0.3, 0.4) is 0 Å². The molecule has 34 heavy (non-hydrogen) atoms. The fourth-order valence-electron chi connectivity index (χ4n) is 3.81. The number of pyridine rings is 1. The van der Waals surface area contributed by atoms with Gasteiger partial charge in [-0.2, -0.15) is 0 Å². The van der Waals surface area contributed by atoms with Gasteiger partial charge in [0, 0.05) is 16.6 Å². The highest BCUT2D eigenvalue weighted by atomic mass is 32.1. The number of aromatic nitrogens is 3.